The lowest BCUT2D eigenvalue weighted by Crippen LogP contribution is -2.41. The molecule has 0 N–H and O–H groups in total. The van der Waals surface area contributed by atoms with Gasteiger partial charge in [0, 0.05) is 12.1 Å². The van der Waals surface area contributed by atoms with Gasteiger partial charge in [0.2, 0.25) is 6.10 Å². The van der Waals surface area contributed by atoms with Crippen molar-refractivity contribution in [2.24, 2.45) is 0 Å². The van der Waals surface area contributed by atoms with Crippen LogP contribution < -0.4 is 14.4 Å². The van der Waals surface area contributed by atoms with E-state index in [1.807, 2.05) is 59.5 Å². The predicted molar refractivity (Wildman–Crippen MR) is 137 cm³/mol. The number of ether oxygens (including phenoxy) is 2. The SMILES string of the molecule is N#Cc1ccc(OCc2ccccc2)c([C@@H]2Oc3ccccc3N(CCCCCI)C2=O)c1. The quantitative estimate of drug-likeness (QED) is 0.180. The number of fused-ring (bicyclic) bond motifs is 1. The molecule has 0 spiro atoms. The maximum Gasteiger partial charge on any atom is 0.273 e. The van der Waals surface area contributed by atoms with Crippen molar-refractivity contribution in [3.8, 4) is 17.6 Å². The molecule has 1 aliphatic heterocycles. The van der Waals surface area contributed by atoms with Crippen LogP contribution in [0.5, 0.6) is 11.5 Å². The Balaban J connectivity index is 1.65. The third-order valence-electron chi connectivity index (χ3n) is 5.57. The van der Waals surface area contributed by atoms with Gasteiger partial charge in [-0.3, -0.25) is 4.79 Å². The number of para-hydroxylation sites is 2. The van der Waals surface area contributed by atoms with Gasteiger partial charge in [-0.2, -0.15) is 5.26 Å². The van der Waals surface area contributed by atoms with Gasteiger partial charge >= 0.3 is 0 Å². The highest BCUT2D eigenvalue weighted by molar-refractivity contribution is 14.1. The van der Waals surface area contributed by atoms with Crippen molar-refractivity contribution >= 4 is 34.2 Å². The van der Waals surface area contributed by atoms with Crippen molar-refractivity contribution in [2.75, 3.05) is 15.9 Å². The number of anilines is 1. The lowest BCUT2D eigenvalue weighted by molar-refractivity contribution is -0.126. The van der Waals surface area contributed by atoms with E-state index in [1.54, 1.807) is 18.2 Å². The maximum absolute atomic E-state index is 13.6. The fourth-order valence-corrected chi connectivity index (χ4v) is 4.41. The zero-order valence-corrected chi connectivity index (χ0v) is 20.4. The summed E-state index contributed by atoms with van der Waals surface area (Å²) in [5.41, 5.74) is 2.84. The van der Waals surface area contributed by atoms with Gasteiger partial charge in [0.1, 0.15) is 18.1 Å². The van der Waals surface area contributed by atoms with E-state index in [9.17, 15) is 10.1 Å². The number of benzene rings is 3. The van der Waals surface area contributed by atoms with Gasteiger partial charge in [0.15, 0.2) is 0 Å². The summed E-state index contributed by atoms with van der Waals surface area (Å²) in [6, 6.07) is 24.8. The molecule has 1 heterocycles. The molecule has 1 atom stereocenters. The van der Waals surface area contributed by atoms with Crippen molar-refractivity contribution in [3.63, 3.8) is 0 Å². The topological polar surface area (TPSA) is 62.6 Å². The Kier molecular flexibility index (Phi) is 7.84. The molecule has 0 saturated carbocycles. The van der Waals surface area contributed by atoms with Crippen LogP contribution in [0.25, 0.3) is 0 Å². The number of rotatable bonds is 9. The Labute approximate surface area is 208 Å². The van der Waals surface area contributed by atoms with Crippen LogP contribution in [0.1, 0.15) is 42.1 Å². The van der Waals surface area contributed by atoms with E-state index in [0.717, 1.165) is 34.9 Å². The molecule has 6 heteroatoms. The van der Waals surface area contributed by atoms with Crippen LogP contribution in [0.3, 0.4) is 0 Å². The molecule has 0 aliphatic carbocycles. The third kappa shape index (κ3) is 5.48. The van der Waals surface area contributed by atoms with Gasteiger partial charge in [0.25, 0.3) is 5.91 Å². The highest BCUT2D eigenvalue weighted by Gasteiger charge is 2.37. The summed E-state index contributed by atoms with van der Waals surface area (Å²) in [6.07, 6.45) is 2.25. The van der Waals surface area contributed by atoms with Gasteiger partial charge in [-0.15, -0.1) is 0 Å². The van der Waals surface area contributed by atoms with Crippen LogP contribution in [0.15, 0.2) is 72.8 Å². The number of halogens is 1. The largest absolute Gasteiger partial charge is 0.488 e. The van der Waals surface area contributed by atoms with Crippen molar-refractivity contribution in [1.82, 2.24) is 0 Å². The Morgan fingerprint density at radius 3 is 2.58 bits per heavy atom. The number of alkyl halides is 1. The molecule has 0 bridgehead atoms. The van der Waals surface area contributed by atoms with Crippen LogP contribution >= 0.6 is 22.6 Å². The Hall–Kier alpha value is -3.05. The summed E-state index contributed by atoms with van der Waals surface area (Å²) in [6.45, 7) is 0.988. The molecule has 1 amide bonds. The summed E-state index contributed by atoms with van der Waals surface area (Å²) in [5, 5.41) is 9.47. The molecular formula is C27H25IN2O3. The summed E-state index contributed by atoms with van der Waals surface area (Å²) >= 11 is 2.38. The zero-order chi connectivity index (χ0) is 23.0. The third-order valence-corrected chi connectivity index (χ3v) is 6.33. The number of nitriles is 1. The fraction of sp³-hybridized carbons (Fsp3) is 0.259. The van der Waals surface area contributed by atoms with Crippen LogP contribution in [0.2, 0.25) is 0 Å². The molecular weight excluding hydrogens is 527 g/mol. The number of hydrogen-bond donors (Lipinski definition) is 0. The second-order valence-corrected chi connectivity index (χ2v) is 8.92. The first kappa shape index (κ1) is 23.1. The van der Waals surface area contributed by atoms with Gasteiger partial charge in [0.05, 0.1) is 17.3 Å². The first-order chi connectivity index (χ1) is 16.2. The smallest absolute Gasteiger partial charge is 0.273 e. The van der Waals surface area contributed by atoms with Crippen molar-refractivity contribution in [1.29, 1.82) is 5.26 Å². The van der Waals surface area contributed by atoms with Crippen molar-refractivity contribution in [3.05, 3.63) is 89.5 Å². The lowest BCUT2D eigenvalue weighted by Gasteiger charge is -2.35. The van der Waals surface area contributed by atoms with E-state index in [-0.39, 0.29) is 5.91 Å². The minimum absolute atomic E-state index is 0.136. The van der Waals surface area contributed by atoms with E-state index in [1.165, 1.54) is 0 Å². The highest BCUT2D eigenvalue weighted by Crippen LogP contribution is 2.41. The molecule has 4 rings (SSSR count). The molecule has 33 heavy (non-hydrogen) atoms. The van der Waals surface area contributed by atoms with Crippen LogP contribution in [-0.2, 0) is 11.4 Å². The number of unbranched alkanes of at least 4 members (excludes halogenated alkanes) is 2. The Bertz CT molecular complexity index is 1140. The second-order valence-electron chi connectivity index (χ2n) is 7.84. The van der Waals surface area contributed by atoms with Gasteiger partial charge in [-0.05, 0) is 53.2 Å². The van der Waals surface area contributed by atoms with E-state index >= 15 is 0 Å². The number of amides is 1. The molecule has 0 radical (unpaired) electrons. The van der Waals surface area contributed by atoms with E-state index in [2.05, 4.69) is 28.7 Å². The molecule has 0 saturated heterocycles. The molecule has 5 nitrogen and oxygen atoms in total. The molecule has 0 unspecified atom stereocenters. The summed E-state index contributed by atoms with van der Waals surface area (Å²) in [4.78, 5) is 15.5. The zero-order valence-electron chi connectivity index (χ0n) is 18.2. The normalized spacial score (nSPS) is 14.8. The Morgan fingerprint density at radius 2 is 1.79 bits per heavy atom. The van der Waals surface area contributed by atoms with Gasteiger partial charge in [-0.1, -0.05) is 71.5 Å². The minimum atomic E-state index is -0.872. The van der Waals surface area contributed by atoms with Crippen molar-refractivity contribution < 1.29 is 14.3 Å². The number of hydrogen-bond acceptors (Lipinski definition) is 4. The molecule has 0 aromatic heterocycles. The standard InChI is InChI=1S/C27H25IN2O3/c28-15-7-2-8-16-30-23-11-5-6-12-25(23)33-26(27(30)31)22-17-21(18-29)13-14-24(22)32-19-20-9-3-1-4-10-20/h1,3-6,9-14,17,26H,2,7-8,15-16,19H2/t26-/m0/s1. The average Bonchev–Trinajstić information content (AvgIpc) is 2.86. The van der Waals surface area contributed by atoms with Gasteiger partial charge < -0.3 is 14.4 Å². The van der Waals surface area contributed by atoms with Gasteiger partial charge in [-0.25, -0.2) is 0 Å². The van der Waals surface area contributed by atoms with Crippen LogP contribution in [0.4, 0.5) is 5.69 Å². The van der Waals surface area contributed by atoms with E-state index in [0.29, 0.717) is 35.8 Å². The highest BCUT2D eigenvalue weighted by atomic mass is 127. The maximum atomic E-state index is 13.6. The molecule has 1 aliphatic rings. The predicted octanol–water partition coefficient (Wildman–Crippen LogP) is 6.21. The van der Waals surface area contributed by atoms with E-state index < -0.39 is 6.10 Å². The molecule has 168 valence electrons. The summed E-state index contributed by atoms with van der Waals surface area (Å²) in [7, 11) is 0. The average molecular weight is 552 g/mol. The minimum Gasteiger partial charge on any atom is -0.488 e. The molecule has 3 aromatic rings. The van der Waals surface area contributed by atoms with Crippen LogP contribution in [0, 0.1) is 11.3 Å². The Morgan fingerprint density at radius 1 is 1.00 bits per heavy atom. The first-order valence-electron chi connectivity index (χ1n) is 11.0. The molecule has 3 aromatic carbocycles. The first-order valence-corrected chi connectivity index (χ1v) is 12.6. The number of nitrogens with zero attached hydrogens (tertiary/aromatic N) is 2. The fourth-order valence-electron chi connectivity index (χ4n) is 3.88. The second kappa shape index (κ2) is 11.2. The lowest BCUT2D eigenvalue weighted by atomic mass is 10.0. The monoisotopic (exact) mass is 552 g/mol. The number of carbonyl (C=O) groups is 1. The summed E-state index contributed by atoms with van der Waals surface area (Å²) in [5.74, 6) is 1.07. The van der Waals surface area contributed by atoms with E-state index in [4.69, 9.17) is 9.47 Å². The summed E-state index contributed by atoms with van der Waals surface area (Å²) < 4.78 is 13.4. The van der Waals surface area contributed by atoms with Crippen LogP contribution in [-0.4, -0.2) is 16.9 Å². The van der Waals surface area contributed by atoms with Crippen molar-refractivity contribution in [2.45, 2.75) is 32.0 Å². The number of carbonyl (C=O) groups excluding carboxylic acids is 1. The molecule has 0 fully saturated rings.